The molecule has 192 valence electrons. The Morgan fingerprint density at radius 2 is 1.89 bits per heavy atom. The summed E-state index contributed by atoms with van der Waals surface area (Å²) in [6.07, 6.45) is 2.73. The third-order valence-corrected chi connectivity index (χ3v) is 6.84. The molecule has 2 aliphatic rings. The highest BCUT2D eigenvalue weighted by Crippen LogP contribution is 2.36. The van der Waals surface area contributed by atoms with Gasteiger partial charge >= 0.3 is 0 Å². The van der Waals surface area contributed by atoms with Crippen molar-refractivity contribution < 1.29 is 19.1 Å². The van der Waals surface area contributed by atoms with Gasteiger partial charge in [0.15, 0.2) is 17.3 Å². The SMILES string of the molecule is C=C1CCC(N2Cc3c(Nc4nc(-c5cc(OC)cc(OC)c5)nc5nc[nH]c45)cccc3C2=O)C(=O)N1. The fraction of sp³-hybridized carbons (Fsp3) is 0.222. The van der Waals surface area contributed by atoms with Gasteiger partial charge in [0.2, 0.25) is 5.91 Å². The van der Waals surface area contributed by atoms with Gasteiger partial charge in [0.25, 0.3) is 5.91 Å². The van der Waals surface area contributed by atoms with Crippen molar-refractivity contribution in [3.05, 3.63) is 66.1 Å². The zero-order chi connectivity index (χ0) is 26.4. The number of fused-ring (bicyclic) bond motifs is 2. The smallest absolute Gasteiger partial charge is 0.255 e. The first-order valence-corrected chi connectivity index (χ1v) is 12.1. The highest BCUT2D eigenvalue weighted by molar-refractivity contribution is 6.03. The van der Waals surface area contributed by atoms with E-state index in [1.807, 2.05) is 24.3 Å². The van der Waals surface area contributed by atoms with Crippen molar-refractivity contribution in [3.63, 3.8) is 0 Å². The molecule has 1 saturated heterocycles. The molecule has 0 saturated carbocycles. The molecule has 3 N–H and O–H groups in total. The number of aromatic amines is 1. The van der Waals surface area contributed by atoms with E-state index in [-0.39, 0.29) is 11.8 Å². The summed E-state index contributed by atoms with van der Waals surface area (Å²) in [5.41, 5.74) is 4.53. The molecule has 1 unspecified atom stereocenters. The van der Waals surface area contributed by atoms with Crippen LogP contribution >= 0.6 is 0 Å². The van der Waals surface area contributed by atoms with Crippen LogP contribution in [0.15, 0.2) is 55.0 Å². The number of nitrogens with one attached hydrogen (secondary N) is 3. The van der Waals surface area contributed by atoms with E-state index in [0.717, 1.165) is 5.56 Å². The van der Waals surface area contributed by atoms with Crippen molar-refractivity contribution in [1.29, 1.82) is 0 Å². The number of benzene rings is 2. The Labute approximate surface area is 217 Å². The molecule has 6 rings (SSSR count). The van der Waals surface area contributed by atoms with Gasteiger partial charge in [-0.1, -0.05) is 12.6 Å². The lowest BCUT2D eigenvalue weighted by atomic mass is 10.0. The van der Waals surface area contributed by atoms with Crippen LogP contribution in [0.5, 0.6) is 11.5 Å². The van der Waals surface area contributed by atoms with Crippen LogP contribution in [0.25, 0.3) is 22.6 Å². The highest BCUT2D eigenvalue weighted by Gasteiger charge is 2.39. The largest absolute Gasteiger partial charge is 0.497 e. The minimum atomic E-state index is -0.541. The summed E-state index contributed by atoms with van der Waals surface area (Å²) in [5, 5.41) is 6.16. The molecule has 0 radical (unpaired) electrons. The zero-order valence-corrected chi connectivity index (χ0v) is 20.9. The monoisotopic (exact) mass is 511 g/mol. The first-order chi connectivity index (χ1) is 18.4. The van der Waals surface area contributed by atoms with Crippen LogP contribution in [-0.4, -0.2) is 56.9 Å². The maximum Gasteiger partial charge on any atom is 0.255 e. The number of imidazole rings is 1. The molecule has 11 heteroatoms. The van der Waals surface area contributed by atoms with E-state index < -0.39 is 6.04 Å². The van der Waals surface area contributed by atoms with E-state index in [2.05, 4.69) is 32.2 Å². The van der Waals surface area contributed by atoms with Gasteiger partial charge < -0.3 is 30.0 Å². The molecular weight excluding hydrogens is 486 g/mol. The lowest BCUT2D eigenvalue weighted by Gasteiger charge is -2.31. The molecule has 2 amide bonds. The summed E-state index contributed by atoms with van der Waals surface area (Å²) >= 11 is 0. The second kappa shape index (κ2) is 9.18. The summed E-state index contributed by atoms with van der Waals surface area (Å²) in [7, 11) is 3.16. The number of allylic oxidation sites excluding steroid dienone is 1. The second-order valence-corrected chi connectivity index (χ2v) is 9.14. The Morgan fingerprint density at radius 3 is 2.63 bits per heavy atom. The zero-order valence-electron chi connectivity index (χ0n) is 20.9. The Balaban J connectivity index is 1.37. The average molecular weight is 512 g/mol. The number of methoxy groups -OCH3 is 2. The third-order valence-electron chi connectivity index (χ3n) is 6.84. The van der Waals surface area contributed by atoms with Crippen LogP contribution in [-0.2, 0) is 11.3 Å². The minimum absolute atomic E-state index is 0.171. The number of anilines is 2. The molecule has 0 aliphatic carbocycles. The number of hydrogen-bond donors (Lipinski definition) is 3. The first-order valence-electron chi connectivity index (χ1n) is 12.1. The molecule has 4 heterocycles. The average Bonchev–Trinajstić information content (AvgIpc) is 3.54. The third kappa shape index (κ3) is 3.97. The molecular formula is C27H25N7O4. The van der Waals surface area contributed by atoms with Crippen molar-refractivity contribution in [2.24, 2.45) is 0 Å². The molecule has 1 atom stereocenters. The molecule has 2 aromatic heterocycles. The van der Waals surface area contributed by atoms with E-state index in [9.17, 15) is 9.59 Å². The number of carbonyl (C=O) groups excluding carboxylic acids is 2. The molecule has 1 fully saturated rings. The molecule has 11 nitrogen and oxygen atoms in total. The van der Waals surface area contributed by atoms with Gasteiger partial charge in [-0.15, -0.1) is 0 Å². The molecule has 2 aliphatic heterocycles. The summed E-state index contributed by atoms with van der Waals surface area (Å²) < 4.78 is 10.8. The maximum atomic E-state index is 13.3. The Kier molecular flexibility index (Phi) is 5.67. The van der Waals surface area contributed by atoms with Crippen LogP contribution in [0.2, 0.25) is 0 Å². The van der Waals surface area contributed by atoms with Crippen LogP contribution in [0.1, 0.15) is 28.8 Å². The van der Waals surface area contributed by atoms with Crippen molar-refractivity contribution in [2.45, 2.75) is 25.4 Å². The number of H-pyrrole nitrogens is 1. The van der Waals surface area contributed by atoms with Crippen LogP contribution in [0.4, 0.5) is 11.5 Å². The number of nitrogens with zero attached hydrogens (tertiary/aromatic N) is 4. The van der Waals surface area contributed by atoms with E-state index in [0.29, 0.717) is 76.2 Å². The number of ether oxygens (including phenoxy) is 2. The summed E-state index contributed by atoms with van der Waals surface area (Å²) in [6.45, 7) is 4.14. The lowest BCUT2D eigenvalue weighted by Crippen LogP contribution is -2.49. The van der Waals surface area contributed by atoms with E-state index in [1.165, 1.54) is 0 Å². The topological polar surface area (TPSA) is 134 Å². The number of aromatic nitrogens is 4. The second-order valence-electron chi connectivity index (χ2n) is 9.14. The summed E-state index contributed by atoms with van der Waals surface area (Å²) in [6, 6.07) is 10.3. The summed E-state index contributed by atoms with van der Waals surface area (Å²) in [4.78, 5) is 44.4. The highest BCUT2D eigenvalue weighted by atomic mass is 16.5. The minimum Gasteiger partial charge on any atom is -0.497 e. The number of amides is 2. The molecule has 0 spiro atoms. The molecule has 2 aromatic carbocycles. The fourth-order valence-corrected chi connectivity index (χ4v) is 4.90. The van der Waals surface area contributed by atoms with Crippen molar-refractivity contribution in [1.82, 2.24) is 30.2 Å². The van der Waals surface area contributed by atoms with Gasteiger partial charge in [-0.05, 0) is 37.1 Å². The van der Waals surface area contributed by atoms with E-state index in [4.69, 9.17) is 14.5 Å². The normalized spacial score (nSPS) is 16.9. The number of rotatable bonds is 6. The Bertz CT molecular complexity index is 1590. The number of hydrogen-bond acceptors (Lipinski definition) is 8. The Hall–Kier alpha value is -4.93. The van der Waals surface area contributed by atoms with Gasteiger partial charge in [0.05, 0.1) is 20.5 Å². The first kappa shape index (κ1) is 23.5. The standard InChI is InChI=1S/C27H25N7O4/c1-14-7-8-21(26(35)30-14)34-12-19-18(27(34)36)5-4-6-20(19)31-25-22-24(29-13-28-22)32-23(33-25)15-9-16(37-2)11-17(10-15)38-3/h4-6,9-11,13,21H,1,7-8,12H2,2-3H3,(H,30,35)(H2,28,29,31,32,33). The predicted molar refractivity (Wildman–Crippen MR) is 140 cm³/mol. The maximum absolute atomic E-state index is 13.3. The van der Waals surface area contributed by atoms with Gasteiger partial charge in [-0.3, -0.25) is 9.59 Å². The Morgan fingerprint density at radius 1 is 1.11 bits per heavy atom. The van der Waals surface area contributed by atoms with Crippen molar-refractivity contribution in [2.75, 3.05) is 19.5 Å². The summed E-state index contributed by atoms with van der Waals surface area (Å²) in [5.74, 6) is 1.76. The molecule has 0 bridgehead atoms. The number of piperidine rings is 1. The van der Waals surface area contributed by atoms with Crippen LogP contribution < -0.4 is 20.1 Å². The van der Waals surface area contributed by atoms with Gasteiger partial charge in [0, 0.05) is 40.7 Å². The van der Waals surface area contributed by atoms with Gasteiger partial charge in [0.1, 0.15) is 23.1 Å². The predicted octanol–water partition coefficient (Wildman–Crippen LogP) is 3.53. The van der Waals surface area contributed by atoms with Crippen LogP contribution in [0, 0.1) is 0 Å². The van der Waals surface area contributed by atoms with E-state index >= 15 is 0 Å². The van der Waals surface area contributed by atoms with Gasteiger partial charge in [-0.2, -0.15) is 0 Å². The fourth-order valence-electron chi connectivity index (χ4n) is 4.90. The quantitative estimate of drug-likeness (QED) is 0.358. The molecule has 4 aromatic rings. The van der Waals surface area contributed by atoms with Crippen molar-refractivity contribution in [3.8, 4) is 22.9 Å². The lowest BCUT2D eigenvalue weighted by molar-refractivity contribution is -0.126. The van der Waals surface area contributed by atoms with Crippen LogP contribution in [0.3, 0.4) is 0 Å². The molecule has 38 heavy (non-hydrogen) atoms. The van der Waals surface area contributed by atoms with Gasteiger partial charge in [-0.25, -0.2) is 15.0 Å². The van der Waals surface area contributed by atoms with Crippen molar-refractivity contribution >= 4 is 34.5 Å². The van der Waals surface area contributed by atoms with E-state index in [1.54, 1.807) is 37.6 Å². The number of carbonyl (C=O) groups is 2.